The fourth-order valence-electron chi connectivity index (χ4n) is 3.80. The summed E-state index contributed by atoms with van der Waals surface area (Å²) in [7, 11) is 0. The number of carboxylic acids is 1. The lowest BCUT2D eigenvalue weighted by atomic mass is 9.96. The van der Waals surface area contributed by atoms with Crippen LogP contribution in [0.4, 0.5) is 0 Å². The standard InChI is InChI=1S/C25H27NO5/c1-2-6-21(16-24(28)29)20-9-11-23(12-10-20)30-17-19-7-5-8-22(15-19)25(31-18-27)26-13-3-4-14-26/h5,7-12,15,18,21,25H,3-4,13-14,16-17H2,1H3,(H,28,29). The van der Waals surface area contributed by atoms with Crippen molar-refractivity contribution in [2.75, 3.05) is 13.1 Å². The average Bonchev–Trinajstić information content (AvgIpc) is 3.30. The Balaban J connectivity index is 1.65. The Morgan fingerprint density at radius 3 is 2.55 bits per heavy atom. The molecule has 1 fully saturated rings. The van der Waals surface area contributed by atoms with E-state index in [-0.39, 0.29) is 18.6 Å². The largest absolute Gasteiger partial charge is 0.489 e. The molecule has 0 aliphatic carbocycles. The maximum atomic E-state index is 11.1. The minimum Gasteiger partial charge on any atom is -0.489 e. The normalized spacial score (nSPS) is 15.4. The summed E-state index contributed by atoms with van der Waals surface area (Å²) in [4.78, 5) is 24.2. The molecule has 31 heavy (non-hydrogen) atoms. The van der Waals surface area contributed by atoms with Crippen molar-refractivity contribution >= 4 is 12.4 Å². The number of hydrogen-bond acceptors (Lipinski definition) is 5. The molecule has 6 heteroatoms. The number of carbonyl (C=O) groups is 2. The molecule has 162 valence electrons. The van der Waals surface area contributed by atoms with Crippen molar-refractivity contribution in [1.29, 1.82) is 0 Å². The summed E-state index contributed by atoms with van der Waals surface area (Å²) < 4.78 is 11.3. The first kappa shape index (κ1) is 22.4. The van der Waals surface area contributed by atoms with Gasteiger partial charge in [-0.2, -0.15) is 0 Å². The van der Waals surface area contributed by atoms with Crippen LogP contribution in [0.2, 0.25) is 0 Å². The quantitative estimate of drug-likeness (QED) is 0.460. The highest BCUT2D eigenvalue weighted by Gasteiger charge is 2.24. The molecule has 1 aliphatic heterocycles. The van der Waals surface area contributed by atoms with Gasteiger partial charge in [0, 0.05) is 18.7 Å². The van der Waals surface area contributed by atoms with Gasteiger partial charge in [-0.1, -0.05) is 36.3 Å². The molecule has 2 unspecified atom stereocenters. The first-order chi connectivity index (χ1) is 15.1. The molecule has 0 spiro atoms. The number of benzene rings is 2. The molecule has 0 saturated carbocycles. The Hall–Kier alpha value is -3.30. The lowest BCUT2D eigenvalue weighted by molar-refractivity contribution is -0.143. The second-order valence-electron chi connectivity index (χ2n) is 7.48. The highest BCUT2D eigenvalue weighted by Crippen LogP contribution is 2.27. The van der Waals surface area contributed by atoms with Crippen LogP contribution in [0.3, 0.4) is 0 Å². The van der Waals surface area contributed by atoms with Gasteiger partial charge in [0.05, 0.1) is 12.3 Å². The van der Waals surface area contributed by atoms with Gasteiger partial charge in [-0.3, -0.25) is 14.5 Å². The minimum atomic E-state index is -0.876. The number of aliphatic carboxylic acids is 1. The molecule has 3 rings (SSSR count). The van der Waals surface area contributed by atoms with E-state index < -0.39 is 5.97 Å². The van der Waals surface area contributed by atoms with Crippen molar-refractivity contribution in [2.45, 2.75) is 44.9 Å². The van der Waals surface area contributed by atoms with Crippen LogP contribution >= 0.6 is 0 Å². The number of likely N-dealkylation sites (tertiary alicyclic amines) is 1. The van der Waals surface area contributed by atoms with Gasteiger partial charge < -0.3 is 14.6 Å². The van der Waals surface area contributed by atoms with E-state index in [2.05, 4.69) is 16.7 Å². The number of rotatable bonds is 10. The van der Waals surface area contributed by atoms with Crippen molar-refractivity contribution in [3.8, 4) is 17.6 Å². The number of carboxylic acid groups (broad SMARTS) is 1. The van der Waals surface area contributed by atoms with E-state index >= 15 is 0 Å². The molecule has 1 saturated heterocycles. The average molecular weight is 421 g/mol. The summed E-state index contributed by atoms with van der Waals surface area (Å²) in [5, 5.41) is 9.08. The second-order valence-corrected chi connectivity index (χ2v) is 7.48. The summed E-state index contributed by atoms with van der Waals surface area (Å²) in [5.41, 5.74) is 2.76. The summed E-state index contributed by atoms with van der Waals surface area (Å²) in [6.45, 7) is 4.41. The molecule has 0 radical (unpaired) electrons. The van der Waals surface area contributed by atoms with Crippen LogP contribution < -0.4 is 4.74 Å². The predicted molar refractivity (Wildman–Crippen MR) is 116 cm³/mol. The van der Waals surface area contributed by atoms with Gasteiger partial charge in [0.15, 0.2) is 6.23 Å². The zero-order chi connectivity index (χ0) is 22.1. The zero-order valence-corrected chi connectivity index (χ0v) is 17.6. The first-order valence-electron chi connectivity index (χ1n) is 10.4. The van der Waals surface area contributed by atoms with Crippen LogP contribution in [0.25, 0.3) is 0 Å². The third-order valence-electron chi connectivity index (χ3n) is 5.28. The third kappa shape index (κ3) is 6.34. The van der Waals surface area contributed by atoms with Crippen LogP contribution in [-0.4, -0.2) is 35.5 Å². The molecule has 2 aromatic rings. The molecule has 1 aliphatic rings. The van der Waals surface area contributed by atoms with Gasteiger partial charge in [0.2, 0.25) is 0 Å². The Bertz CT molecular complexity index is 938. The predicted octanol–water partition coefficient (Wildman–Crippen LogP) is 4.11. The number of carbonyl (C=O) groups excluding carboxylic acids is 1. The van der Waals surface area contributed by atoms with Gasteiger partial charge in [0.25, 0.3) is 6.47 Å². The lowest BCUT2D eigenvalue weighted by Gasteiger charge is -2.26. The van der Waals surface area contributed by atoms with Gasteiger partial charge in [-0.15, -0.1) is 5.92 Å². The van der Waals surface area contributed by atoms with Gasteiger partial charge in [-0.25, -0.2) is 0 Å². The molecule has 0 bridgehead atoms. The zero-order valence-electron chi connectivity index (χ0n) is 17.6. The fraction of sp³-hybridized carbons (Fsp3) is 0.360. The van der Waals surface area contributed by atoms with E-state index in [0.29, 0.717) is 18.8 Å². The van der Waals surface area contributed by atoms with Crippen LogP contribution in [0.5, 0.6) is 5.75 Å². The summed E-state index contributed by atoms with van der Waals surface area (Å²) in [6, 6.07) is 15.2. The molecular formula is C25H27NO5. The van der Waals surface area contributed by atoms with E-state index in [1.54, 1.807) is 6.92 Å². The second kappa shape index (κ2) is 11.2. The number of ether oxygens (including phenoxy) is 2. The molecule has 1 heterocycles. The highest BCUT2D eigenvalue weighted by molar-refractivity contribution is 5.69. The monoisotopic (exact) mass is 421 g/mol. The highest BCUT2D eigenvalue weighted by atomic mass is 16.5. The topological polar surface area (TPSA) is 76.1 Å². The van der Waals surface area contributed by atoms with E-state index in [0.717, 1.165) is 42.6 Å². The van der Waals surface area contributed by atoms with Crippen LogP contribution in [0, 0.1) is 11.8 Å². The molecule has 6 nitrogen and oxygen atoms in total. The molecule has 0 aromatic heterocycles. The van der Waals surface area contributed by atoms with Gasteiger partial charge in [-0.05, 0) is 49.1 Å². The Kier molecular flexibility index (Phi) is 8.08. The van der Waals surface area contributed by atoms with E-state index in [1.807, 2.05) is 48.5 Å². The van der Waals surface area contributed by atoms with Crippen molar-refractivity contribution < 1.29 is 24.2 Å². The maximum absolute atomic E-state index is 11.1. The first-order valence-corrected chi connectivity index (χ1v) is 10.4. The molecule has 0 amide bonds. The third-order valence-corrected chi connectivity index (χ3v) is 5.28. The van der Waals surface area contributed by atoms with E-state index in [4.69, 9.17) is 14.6 Å². The van der Waals surface area contributed by atoms with Crippen LogP contribution in [0.1, 0.15) is 55.0 Å². The summed E-state index contributed by atoms with van der Waals surface area (Å²) in [6.07, 6.45) is 1.81. The number of nitrogens with zero attached hydrogens (tertiary/aromatic N) is 1. The maximum Gasteiger partial charge on any atom is 0.304 e. The summed E-state index contributed by atoms with van der Waals surface area (Å²) >= 11 is 0. The summed E-state index contributed by atoms with van der Waals surface area (Å²) in [5.74, 6) is 5.21. The van der Waals surface area contributed by atoms with E-state index in [9.17, 15) is 9.59 Å². The fourth-order valence-corrected chi connectivity index (χ4v) is 3.80. The molecule has 1 N–H and O–H groups in total. The van der Waals surface area contributed by atoms with Gasteiger partial charge in [0.1, 0.15) is 12.4 Å². The van der Waals surface area contributed by atoms with Crippen molar-refractivity contribution in [1.82, 2.24) is 4.90 Å². The lowest BCUT2D eigenvalue weighted by Crippen LogP contribution is -2.27. The van der Waals surface area contributed by atoms with Crippen LogP contribution in [0.15, 0.2) is 48.5 Å². The van der Waals surface area contributed by atoms with Crippen LogP contribution in [-0.2, 0) is 20.9 Å². The SMILES string of the molecule is CC#CC(CC(=O)O)c1ccc(OCc2cccc(C(OC=O)N3CCCC3)c2)cc1. The molecular weight excluding hydrogens is 394 g/mol. The number of hydrogen-bond donors (Lipinski definition) is 1. The minimum absolute atomic E-state index is 0.0329. The van der Waals surface area contributed by atoms with Crippen molar-refractivity contribution in [3.63, 3.8) is 0 Å². The molecule has 2 aromatic carbocycles. The van der Waals surface area contributed by atoms with Crippen molar-refractivity contribution in [3.05, 3.63) is 65.2 Å². The van der Waals surface area contributed by atoms with Crippen molar-refractivity contribution in [2.24, 2.45) is 0 Å². The smallest absolute Gasteiger partial charge is 0.304 e. The Morgan fingerprint density at radius 1 is 1.16 bits per heavy atom. The molecule has 2 atom stereocenters. The Labute approximate surface area is 182 Å². The van der Waals surface area contributed by atoms with Gasteiger partial charge >= 0.3 is 5.97 Å². The Morgan fingerprint density at radius 2 is 1.90 bits per heavy atom. The van der Waals surface area contributed by atoms with E-state index in [1.165, 1.54) is 0 Å².